The molecule has 2 aliphatic heterocycles. The highest BCUT2D eigenvalue weighted by atomic mass is 16.7. The number of nitrogens with one attached hydrogen (secondary N) is 6. The summed E-state index contributed by atoms with van der Waals surface area (Å²) in [4.78, 5) is 168. The first-order chi connectivity index (χ1) is 50.4. The Morgan fingerprint density at radius 3 is 1.79 bits per heavy atom. The molecule has 12 atom stereocenters. The van der Waals surface area contributed by atoms with E-state index in [9.17, 15) is 62.6 Å². The summed E-state index contributed by atoms with van der Waals surface area (Å²) in [6, 6.07) is 8.57. The smallest absolute Gasteiger partial charge is 0.410 e. The Labute approximate surface area is 622 Å². The van der Waals surface area contributed by atoms with Crippen LogP contribution in [0, 0.1) is 29.6 Å². The van der Waals surface area contributed by atoms with E-state index in [0.717, 1.165) is 0 Å². The first kappa shape index (κ1) is 90.0. The lowest BCUT2D eigenvalue weighted by atomic mass is 9.89. The van der Waals surface area contributed by atoms with Crippen molar-refractivity contribution in [3.8, 4) is 0 Å². The number of ether oxygens (including phenoxy) is 7. The normalized spacial score (nSPS) is 16.9. The zero-order valence-electron chi connectivity index (χ0n) is 64.2. The van der Waals surface area contributed by atoms with Crippen LogP contribution in [0.3, 0.4) is 0 Å². The fourth-order valence-electron chi connectivity index (χ4n) is 12.6. The molecular weight excluding hydrogens is 1380 g/mol. The first-order valence-electron chi connectivity index (χ1n) is 36.6. The molecule has 0 bridgehead atoms. The summed E-state index contributed by atoms with van der Waals surface area (Å²) in [5.74, 6) is -7.38. The third kappa shape index (κ3) is 29.1. The number of nitrogens with two attached hydrogens (primary N) is 1. The molecule has 0 aliphatic carbocycles. The molecule has 2 aliphatic rings. The number of nitrogens with zero attached hydrogens (tertiary/aromatic N) is 4. The highest BCUT2D eigenvalue weighted by molar-refractivity contribution is 6.02. The molecule has 12 amide bonds. The molecule has 106 heavy (non-hydrogen) atoms. The van der Waals surface area contributed by atoms with Crippen LogP contribution in [0.25, 0.3) is 0 Å². The maximum Gasteiger partial charge on any atom is 0.410 e. The Morgan fingerprint density at radius 1 is 0.660 bits per heavy atom. The number of likely N-dealkylation sites (tertiary alicyclic amines) is 1. The van der Waals surface area contributed by atoms with Crippen molar-refractivity contribution in [1.29, 1.82) is 0 Å². The Morgan fingerprint density at radius 2 is 1.25 bits per heavy atom. The van der Waals surface area contributed by atoms with Crippen LogP contribution in [-0.2, 0) is 92.5 Å². The van der Waals surface area contributed by atoms with Gasteiger partial charge in [-0.25, -0.2) is 14.4 Å². The van der Waals surface area contributed by atoms with E-state index >= 15 is 0 Å². The number of aliphatic hydroxyl groups is 1. The monoisotopic (exact) mass is 1500 g/mol. The second-order valence-corrected chi connectivity index (χ2v) is 27.8. The first-order valence-corrected chi connectivity index (χ1v) is 36.6. The number of primary amides is 1. The second-order valence-electron chi connectivity index (χ2n) is 27.8. The number of likely N-dealkylation sites (N-methyl/N-ethyl adjacent to an activating group) is 2. The van der Waals surface area contributed by atoms with Crippen molar-refractivity contribution < 1.29 is 101 Å². The van der Waals surface area contributed by atoms with Gasteiger partial charge in [0.1, 0.15) is 30.8 Å². The average molecular weight is 1500 g/mol. The summed E-state index contributed by atoms with van der Waals surface area (Å²) >= 11 is 0. The SMILES string of the molecule is CCC(C)C(C(CC(=O)N1CCCC1C(OC)C(C)C(=O)NC(C)C(O)c1ccccc1)OC)N(C)C(=O)C(NC(=O)C(C(C)C)N(C)C(=O)OCc1ccc(NC(=O)C(CCCNC(N)=O)NC(=O)C(NC(=O)CCOCCOCCOCCOCCC(=O)ON2C(=O)CCC2=O)C(C)C)cc1)C(C)C. The molecule has 0 spiro atoms. The largest absolute Gasteiger partial charge is 0.445 e. The van der Waals surface area contributed by atoms with Gasteiger partial charge in [-0.3, -0.25) is 48.1 Å². The van der Waals surface area contributed by atoms with E-state index in [1.54, 1.807) is 109 Å². The predicted octanol–water partition coefficient (Wildman–Crippen LogP) is 4.05. The number of hydrogen-bond donors (Lipinski definition) is 8. The number of methoxy groups -OCH3 is 2. The number of benzene rings is 2. The van der Waals surface area contributed by atoms with Gasteiger partial charge in [0.05, 0.1) is 108 Å². The highest BCUT2D eigenvalue weighted by Crippen LogP contribution is 2.31. The van der Waals surface area contributed by atoms with Crippen molar-refractivity contribution in [3.05, 3.63) is 65.7 Å². The molecule has 0 saturated carbocycles. The summed E-state index contributed by atoms with van der Waals surface area (Å²) < 4.78 is 39.6. The van der Waals surface area contributed by atoms with Crippen molar-refractivity contribution >= 4 is 76.9 Å². The maximum absolute atomic E-state index is 14.8. The van der Waals surface area contributed by atoms with Crippen LogP contribution in [0.2, 0.25) is 0 Å². The molecule has 2 heterocycles. The van der Waals surface area contributed by atoms with Gasteiger partial charge in [-0.15, -0.1) is 5.06 Å². The fraction of sp³-hybridized carbons (Fsp3) is 0.676. The van der Waals surface area contributed by atoms with Crippen LogP contribution in [0.4, 0.5) is 15.3 Å². The number of hydrogen-bond acceptors (Lipinski definition) is 21. The van der Waals surface area contributed by atoms with Gasteiger partial charge in [0, 0.05) is 66.4 Å². The lowest BCUT2D eigenvalue weighted by Crippen LogP contribution is -2.60. The third-order valence-corrected chi connectivity index (χ3v) is 18.8. The Kier molecular flexibility index (Phi) is 39.6. The van der Waals surface area contributed by atoms with E-state index in [1.165, 1.54) is 26.2 Å². The zero-order chi connectivity index (χ0) is 78.7. The van der Waals surface area contributed by atoms with E-state index in [-0.39, 0.29) is 129 Å². The number of urea groups is 1. The third-order valence-electron chi connectivity index (χ3n) is 18.8. The highest BCUT2D eigenvalue weighted by Gasteiger charge is 2.44. The van der Waals surface area contributed by atoms with Crippen LogP contribution in [0.5, 0.6) is 0 Å². The molecule has 2 aromatic carbocycles. The molecule has 0 radical (unpaired) electrons. The number of hydroxylamine groups is 2. The number of anilines is 1. The minimum Gasteiger partial charge on any atom is -0.445 e. The summed E-state index contributed by atoms with van der Waals surface area (Å²) in [5, 5.41) is 28.1. The molecule has 594 valence electrons. The lowest BCUT2D eigenvalue weighted by Gasteiger charge is -2.41. The summed E-state index contributed by atoms with van der Waals surface area (Å²) in [7, 11) is 6.06. The van der Waals surface area contributed by atoms with Crippen LogP contribution in [-0.4, -0.2) is 245 Å². The second kappa shape index (κ2) is 46.6. The summed E-state index contributed by atoms with van der Waals surface area (Å²) in [5.41, 5.74) is 6.76. The van der Waals surface area contributed by atoms with Crippen molar-refractivity contribution in [1.82, 2.24) is 46.3 Å². The van der Waals surface area contributed by atoms with Gasteiger partial charge < -0.3 is 90.5 Å². The van der Waals surface area contributed by atoms with E-state index in [1.807, 2.05) is 32.0 Å². The number of aliphatic hydroxyl groups excluding tert-OH is 1. The summed E-state index contributed by atoms with van der Waals surface area (Å²) in [6.45, 7) is 19.5. The molecule has 0 aromatic heterocycles. The molecular formula is C74H117N11O21. The van der Waals surface area contributed by atoms with Gasteiger partial charge >= 0.3 is 18.1 Å². The topological polar surface area (TPSA) is 410 Å². The van der Waals surface area contributed by atoms with Gasteiger partial charge in [-0.1, -0.05) is 111 Å². The van der Waals surface area contributed by atoms with E-state index in [2.05, 4.69) is 31.9 Å². The number of carbonyl (C=O) groups excluding carboxylic acids is 12. The predicted molar refractivity (Wildman–Crippen MR) is 389 cm³/mol. The lowest BCUT2D eigenvalue weighted by molar-refractivity contribution is -0.198. The van der Waals surface area contributed by atoms with Crippen LogP contribution in [0.15, 0.2) is 54.6 Å². The average Bonchev–Trinajstić information content (AvgIpc) is 1.23. The number of amides is 12. The summed E-state index contributed by atoms with van der Waals surface area (Å²) in [6.07, 6.45) is -1.40. The molecule has 2 fully saturated rings. The number of imide groups is 1. The Bertz CT molecular complexity index is 3130. The van der Waals surface area contributed by atoms with E-state index in [4.69, 9.17) is 43.7 Å². The van der Waals surface area contributed by atoms with Crippen molar-refractivity contribution in [2.75, 3.05) is 99.6 Å². The molecule has 2 saturated heterocycles. The van der Waals surface area contributed by atoms with Crippen molar-refractivity contribution in [2.24, 2.45) is 35.3 Å². The molecule has 32 nitrogen and oxygen atoms in total. The van der Waals surface area contributed by atoms with Crippen molar-refractivity contribution in [3.63, 3.8) is 0 Å². The van der Waals surface area contributed by atoms with Crippen LogP contribution >= 0.6 is 0 Å². The van der Waals surface area contributed by atoms with Gasteiger partial charge in [0.25, 0.3) is 11.8 Å². The van der Waals surface area contributed by atoms with E-state index in [0.29, 0.717) is 47.7 Å². The van der Waals surface area contributed by atoms with E-state index < -0.39 is 144 Å². The van der Waals surface area contributed by atoms with Gasteiger partial charge in [-0.05, 0) is 79.5 Å². The quantitative estimate of drug-likeness (QED) is 0.0342. The minimum absolute atomic E-state index is 0.00380. The minimum atomic E-state index is -1.14. The van der Waals surface area contributed by atoms with Gasteiger partial charge in [0.15, 0.2) is 0 Å². The maximum atomic E-state index is 14.8. The number of rotatable bonds is 48. The zero-order valence-corrected chi connectivity index (χ0v) is 64.2. The van der Waals surface area contributed by atoms with Gasteiger partial charge in [-0.2, -0.15) is 0 Å². The molecule has 4 rings (SSSR count). The van der Waals surface area contributed by atoms with Crippen LogP contribution in [0.1, 0.15) is 151 Å². The molecule has 12 unspecified atom stereocenters. The Hall–Kier alpha value is -8.40. The molecule has 9 N–H and O–H groups in total. The fourth-order valence-corrected chi connectivity index (χ4v) is 12.6. The van der Waals surface area contributed by atoms with Gasteiger partial charge in [0.2, 0.25) is 41.4 Å². The van der Waals surface area contributed by atoms with Crippen LogP contribution < -0.4 is 37.6 Å². The standard InChI is InChI=1S/C74H117N11O21/c1-15-48(8)65(56(99-13)43-60(89)84-34-20-24-55(84)67(100-14)49(9)68(92)77-50(10)66(91)52-21-17-16-18-22-52)82(11)72(96)63(46(4)5)81-71(95)64(47(6)7)83(12)74(98)105-44-51-25-27-53(28-26-51)78-69(93)54(23-19-33-76-73(75)97)79-70(94)62(45(2)3)80-57(86)31-35-101-37-39-103-41-42-104-40-38-102-36-32-61(90)106-85-58(87)29-30-59(85)88/h16-18,21-22,25-28,45-50,54-56,62-67,91H,15,19-20,23-24,29-44H2,1-14H3,(H,77,92)(H,78,93)(H,79,94)(H,80,86)(H,81,95)(H3,75,76,97). The molecule has 32 heteroatoms. The Balaban J connectivity index is 1.28. The molecule has 2 aromatic rings. The number of carbonyl (C=O) groups is 12. The van der Waals surface area contributed by atoms with Crippen molar-refractivity contribution in [2.45, 2.75) is 201 Å².